The summed E-state index contributed by atoms with van der Waals surface area (Å²) in [5, 5.41) is 0. The van der Waals surface area contributed by atoms with Crippen LogP contribution in [0.2, 0.25) is 0 Å². The lowest BCUT2D eigenvalue weighted by atomic mass is 10.0. The summed E-state index contributed by atoms with van der Waals surface area (Å²) >= 11 is 3.61. The quantitative estimate of drug-likeness (QED) is 0.784. The lowest BCUT2D eigenvalue weighted by molar-refractivity contribution is -0.131. The van der Waals surface area contributed by atoms with Crippen molar-refractivity contribution in [2.24, 2.45) is 0 Å². The van der Waals surface area contributed by atoms with E-state index in [0.717, 1.165) is 32.4 Å². The summed E-state index contributed by atoms with van der Waals surface area (Å²) in [6.07, 6.45) is 3.66. The largest absolute Gasteiger partial charge is 0.343 e. The Hall–Kier alpha value is -0.830. The van der Waals surface area contributed by atoms with Gasteiger partial charge < -0.3 is 4.90 Å². The van der Waals surface area contributed by atoms with Gasteiger partial charge in [0, 0.05) is 24.3 Å². The molecule has 0 atom stereocenters. The predicted molar refractivity (Wildman–Crippen MR) is 78.0 cm³/mol. The van der Waals surface area contributed by atoms with Crippen molar-refractivity contribution in [2.45, 2.75) is 37.4 Å². The van der Waals surface area contributed by atoms with Crippen LogP contribution in [0.1, 0.15) is 30.4 Å². The Labute approximate surface area is 117 Å². The van der Waals surface area contributed by atoms with Crippen molar-refractivity contribution in [2.75, 3.05) is 13.1 Å². The van der Waals surface area contributed by atoms with Crippen LogP contribution in [0.5, 0.6) is 0 Å². The molecule has 1 aliphatic rings. The van der Waals surface area contributed by atoms with Crippen molar-refractivity contribution in [1.29, 1.82) is 0 Å². The molecule has 0 N–H and O–H groups in total. The molecule has 0 aliphatic carbocycles. The molecule has 0 radical (unpaired) electrons. The van der Waals surface area contributed by atoms with Crippen LogP contribution < -0.4 is 0 Å². The van der Waals surface area contributed by atoms with Gasteiger partial charge in [0.2, 0.25) is 5.91 Å². The monoisotopic (exact) mass is 309 g/mol. The molecule has 98 valence electrons. The molecule has 1 amide bonds. The summed E-state index contributed by atoms with van der Waals surface area (Å²) < 4.78 is 0. The van der Waals surface area contributed by atoms with Gasteiger partial charge in [0.25, 0.3) is 0 Å². The first-order chi connectivity index (χ1) is 8.66. The fraction of sp³-hybridized carbons (Fsp3) is 0.533. The molecular weight excluding hydrogens is 290 g/mol. The molecule has 0 unspecified atom stereocenters. The highest BCUT2D eigenvalue weighted by Crippen LogP contribution is 2.18. The average molecular weight is 310 g/mol. The molecule has 0 spiro atoms. The van der Waals surface area contributed by atoms with Crippen LogP contribution >= 0.6 is 15.9 Å². The third-order valence-corrected chi connectivity index (χ3v) is 4.56. The SMILES string of the molecule is Cc1ccccc1CCC(=O)N1CCC(Br)CC1. The van der Waals surface area contributed by atoms with Gasteiger partial charge in [-0.2, -0.15) is 0 Å². The van der Waals surface area contributed by atoms with E-state index in [4.69, 9.17) is 0 Å². The van der Waals surface area contributed by atoms with Gasteiger partial charge in [-0.25, -0.2) is 0 Å². The summed E-state index contributed by atoms with van der Waals surface area (Å²) in [6.45, 7) is 3.92. The Morgan fingerprint density at radius 1 is 1.33 bits per heavy atom. The number of amides is 1. The lowest BCUT2D eigenvalue weighted by Crippen LogP contribution is -2.38. The molecule has 0 saturated carbocycles. The van der Waals surface area contributed by atoms with E-state index in [2.05, 4.69) is 35.0 Å². The molecule has 1 saturated heterocycles. The molecule has 1 aromatic carbocycles. The number of piperidine rings is 1. The second-order valence-corrected chi connectivity index (χ2v) is 6.28. The Morgan fingerprint density at radius 3 is 2.67 bits per heavy atom. The Bertz CT molecular complexity index is 411. The normalized spacial score (nSPS) is 16.9. The minimum atomic E-state index is 0.303. The number of likely N-dealkylation sites (tertiary alicyclic amines) is 1. The molecule has 1 heterocycles. The smallest absolute Gasteiger partial charge is 0.222 e. The van der Waals surface area contributed by atoms with E-state index in [-0.39, 0.29) is 0 Å². The summed E-state index contributed by atoms with van der Waals surface area (Å²) in [4.78, 5) is 14.7. The van der Waals surface area contributed by atoms with Gasteiger partial charge in [-0.1, -0.05) is 40.2 Å². The number of hydrogen-bond acceptors (Lipinski definition) is 1. The van der Waals surface area contributed by atoms with Crippen molar-refractivity contribution >= 4 is 21.8 Å². The Balaban J connectivity index is 1.83. The van der Waals surface area contributed by atoms with Crippen LogP contribution in [0.3, 0.4) is 0 Å². The van der Waals surface area contributed by atoms with Crippen LogP contribution in [0, 0.1) is 6.92 Å². The molecule has 1 aliphatic heterocycles. The standard InChI is InChI=1S/C15H20BrNO/c1-12-4-2-3-5-13(12)6-7-15(18)17-10-8-14(16)9-11-17/h2-5,14H,6-11H2,1H3. The number of carbonyl (C=O) groups excluding carboxylic acids is 1. The van der Waals surface area contributed by atoms with Crippen LogP contribution in [-0.4, -0.2) is 28.7 Å². The molecule has 0 bridgehead atoms. The van der Waals surface area contributed by atoms with Crippen molar-refractivity contribution in [3.8, 4) is 0 Å². The number of aryl methyl sites for hydroxylation is 2. The second kappa shape index (κ2) is 6.37. The van der Waals surface area contributed by atoms with Gasteiger partial charge in [-0.15, -0.1) is 0 Å². The summed E-state index contributed by atoms with van der Waals surface area (Å²) in [5.41, 5.74) is 2.57. The minimum absolute atomic E-state index is 0.303. The fourth-order valence-corrected chi connectivity index (χ4v) is 2.80. The van der Waals surface area contributed by atoms with Crippen molar-refractivity contribution in [3.05, 3.63) is 35.4 Å². The number of halogens is 1. The van der Waals surface area contributed by atoms with Gasteiger partial charge in [-0.3, -0.25) is 4.79 Å². The summed E-state index contributed by atoms with van der Waals surface area (Å²) in [6, 6.07) is 8.31. The van der Waals surface area contributed by atoms with Gasteiger partial charge in [0.1, 0.15) is 0 Å². The molecule has 18 heavy (non-hydrogen) atoms. The van der Waals surface area contributed by atoms with E-state index in [1.165, 1.54) is 11.1 Å². The summed E-state index contributed by atoms with van der Waals surface area (Å²) in [7, 11) is 0. The van der Waals surface area contributed by atoms with Crippen LogP contribution in [-0.2, 0) is 11.2 Å². The second-order valence-electron chi connectivity index (χ2n) is 4.98. The molecule has 1 aromatic rings. The molecular formula is C15H20BrNO. The van der Waals surface area contributed by atoms with E-state index >= 15 is 0 Å². The highest BCUT2D eigenvalue weighted by Gasteiger charge is 2.20. The van der Waals surface area contributed by atoms with Crippen molar-refractivity contribution in [3.63, 3.8) is 0 Å². The zero-order valence-electron chi connectivity index (χ0n) is 10.9. The van der Waals surface area contributed by atoms with E-state index < -0.39 is 0 Å². The highest BCUT2D eigenvalue weighted by molar-refractivity contribution is 9.09. The third-order valence-electron chi connectivity index (χ3n) is 3.65. The zero-order valence-corrected chi connectivity index (χ0v) is 12.4. The molecule has 1 fully saturated rings. The van der Waals surface area contributed by atoms with Gasteiger partial charge in [0.15, 0.2) is 0 Å². The Kier molecular flexibility index (Phi) is 4.81. The molecule has 2 nitrogen and oxygen atoms in total. The topological polar surface area (TPSA) is 20.3 Å². The maximum Gasteiger partial charge on any atom is 0.222 e. The number of rotatable bonds is 3. The maximum absolute atomic E-state index is 12.1. The van der Waals surface area contributed by atoms with Crippen molar-refractivity contribution in [1.82, 2.24) is 4.90 Å². The molecule has 0 aromatic heterocycles. The first kappa shape index (κ1) is 13.6. The predicted octanol–water partition coefficient (Wildman–Crippen LogP) is 3.31. The van der Waals surface area contributed by atoms with Crippen LogP contribution in [0.15, 0.2) is 24.3 Å². The van der Waals surface area contributed by atoms with E-state index in [9.17, 15) is 4.79 Å². The lowest BCUT2D eigenvalue weighted by Gasteiger charge is -2.29. The number of alkyl halides is 1. The average Bonchev–Trinajstić information content (AvgIpc) is 2.38. The van der Waals surface area contributed by atoms with Gasteiger partial charge in [0.05, 0.1) is 0 Å². The maximum atomic E-state index is 12.1. The zero-order chi connectivity index (χ0) is 13.0. The van der Waals surface area contributed by atoms with Crippen molar-refractivity contribution < 1.29 is 4.79 Å². The first-order valence-corrected chi connectivity index (χ1v) is 7.55. The van der Waals surface area contributed by atoms with E-state index in [1.807, 2.05) is 17.0 Å². The molecule has 3 heteroatoms. The van der Waals surface area contributed by atoms with E-state index in [1.54, 1.807) is 0 Å². The third kappa shape index (κ3) is 3.58. The summed E-state index contributed by atoms with van der Waals surface area (Å²) in [5.74, 6) is 0.303. The van der Waals surface area contributed by atoms with Gasteiger partial charge in [-0.05, 0) is 37.3 Å². The first-order valence-electron chi connectivity index (χ1n) is 6.63. The Morgan fingerprint density at radius 2 is 2.00 bits per heavy atom. The van der Waals surface area contributed by atoms with Crippen LogP contribution in [0.25, 0.3) is 0 Å². The number of benzene rings is 1. The fourth-order valence-electron chi connectivity index (χ4n) is 2.39. The number of nitrogens with zero attached hydrogens (tertiary/aromatic N) is 1. The van der Waals surface area contributed by atoms with E-state index in [0.29, 0.717) is 17.2 Å². The molecule has 2 rings (SSSR count). The highest BCUT2D eigenvalue weighted by atomic mass is 79.9. The number of hydrogen-bond donors (Lipinski definition) is 0. The minimum Gasteiger partial charge on any atom is -0.343 e. The van der Waals surface area contributed by atoms with Crippen LogP contribution in [0.4, 0.5) is 0 Å². The van der Waals surface area contributed by atoms with Gasteiger partial charge >= 0.3 is 0 Å². The number of carbonyl (C=O) groups is 1.